The highest BCUT2D eigenvalue weighted by Crippen LogP contribution is 2.54. The van der Waals surface area contributed by atoms with Gasteiger partial charge in [0, 0.05) is 22.9 Å². The van der Waals surface area contributed by atoms with Crippen LogP contribution in [0.1, 0.15) is 46.8 Å². The predicted octanol–water partition coefficient (Wildman–Crippen LogP) is 3.78. The first kappa shape index (κ1) is 12.5. The van der Waals surface area contributed by atoms with Gasteiger partial charge in [0.05, 0.1) is 5.69 Å². The molecule has 1 N–H and O–H groups in total. The molecule has 2 aliphatic rings. The van der Waals surface area contributed by atoms with Crippen molar-refractivity contribution < 1.29 is 0 Å². The second-order valence-electron chi connectivity index (χ2n) is 6.13. The van der Waals surface area contributed by atoms with E-state index in [-0.39, 0.29) is 5.41 Å². The van der Waals surface area contributed by atoms with Gasteiger partial charge in [0.1, 0.15) is 5.01 Å². The normalized spacial score (nSPS) is 20.1. The number of rotatable bonds is 5. The quantitative estimate of drug-likeness (QED) is 0.903. The Morgan fingerprint density at radius 2 is 2.00 bits per heavy atom. The maximum absolute atomic E-state index is 4.90. The second-order valence-corrected chi connectivity index (χ2v) is 7.21. The molecule has 0 spiro atoms. The van der Waals surface area contributed by atoms with Gasteiger partial charge in [-0.15, -0.1) is 11.3 Å². The van der Waals surface area contributed by atoms with Gasteiger partial charge in [-0.3, -0.25) is 0 Å². The highest BCUT2D eigenvalue weighted by molar-refractivity contribution is 7.12. The molecule has 1 aromatic carbocycles. The highest BCUT2D eigenvalue weighted by atomic mass is 32.1. The van der Waals surface area contributed by atoms with Gasteiger partial charge < -0.3 is 5.32 Å². The third-order valence-electron chi connectivity index (χ3n) is 4.51. The summed E-state index contributed by atoms with van der Waals surface area (Å²) in [5.41, 5.74) is 2.89. The summed E-state index contributed by atoms with van der Waals surface area (Å²) in [5.74, 6) is 0. The molecule has 0 unspecified atom stereocenters. The minimum absolute atomic E-state index is 0.231. The zero-order valence-electron chi connectivity index (χ0n) is 11.9. The lowest BCUT2D eigenvalue weighted by molar-refractivity contribution is 0.691. The van der Waals surface area contributed by atoms with Gasteiger partial charge >= 0.3 is 0 Å². The molecule has 104 valence electrons. The van der Waals surface area contributed by atoms with Gasteiger partial charge in [0.15, 0.2) is 0 Å². The van der Waals surface area contributed by atoms with Gasteiger partial charge in [-0.2, -0.15) is 0 Å². The Bertz CT molecular complexity index is 609. The molecule has 0 radical (unpaired) electrons. The van der Waals surface area contributed by atoms with E-state index in [0.717, 1.165) is 12.6 Å². The van der Waals surface area contributed by atoms with Gasteiger partial charge in [0.2, 0.25) is 0 Å². The van der Waals surface area contributed by atoms with Gasteiger partial charge in [-0.25, -0.2) is 4.98 Å². The fourth-order valence-corrected chi connectivity index (χ4v) is 4.11. The fraction of sp³-hybridized carbons (Fsp3) is 0.471. The monoisotopic (exact) mass is 284 g/mol. The summed E-state index contributed by atoms with van der Waals surface area (Å²) in [4.78, 5) is 6.32. The maximum Gasteiger partial charge on any atom is 0.104 e. The number of aromatic nitrogens is 1. The number of nitrogens with zero attached hydrogens (tertiary/aromatic N) is 1. The Hall–Kier alpha value is -1.19. The number of hydrogen-bond donors (Lipinski definition) is 1. The van der Waals surface area contributed by atoms with Crippen molar-refractivity contribution in [2.45, 2.75) is 50.6 Å². The zero-order chi connectivity index (χ0) is 13.6. The van der Waals surface area contributed by atoms with E-state index in [1.165, 1.54) is 46.8 Å². The van der Waals surface area contributed by atoms with E-state index in [1.807, 2.05) is 11.3 Å². The van der Waals surface area contributed by atoms with E-state index in [2.05, 4.69) is 42.6 Å². The largest absolute Gasteiger partial charge is 0.309 e. The summed E-state index contributed by atoms with van der Waals surface area (Å²) >= 11 is 1.92. The average molecular weight is 284 g/mol. The van der Waals surface area contributed by atoms with Crippen LogP contribution in [0.3, 0.4) is 0 Å². The van der Waals surface area contributed by atoms with Crippen molar-refractivity contribution in [1.29, 1.82) is 0 Å². The highest BCUT2D eigenvalue weighted by Gasteiger charge is 2.48. The number of thiazole rings is 1. The molecule has 0 amide bonds. The fourth-order valence-electron chi connectivity index (χ4n) is 2.83. The SMILES string of the molecule is Cc1nc(C2(c3ccccc3)CC2)sc1CNC1CC1. The number of nitrogens with one attached hydrogen (secondary N) is 1. The van der Waals surface area contributed by atoms with Gasteiger partial charge in [-0.1, -0.05) is 30.3 Å². The molecule has 0 aliphatic heterocycles. The van der Waals surface area contributed by atoms with Crippen molar-refractivity contribution in [3.63, 3.8) is 0 Å². The van der Waals surface area contributed by atoms with Crippen molar-refractivity contribution in [3.8, 4) is 0 Å². The van der Waals surface area contributed by atoms with Crippen LogP contribution in [0.4, 0.5) is 0 Å². The Kier molecular flexibility index (Phi) is 2.93. The van der Waals surface area contributed by atoms with Gasteiger partial charge in [-0.05, 0) is 38.2 Å². The third kappa shape index (κ3) is 2.19. The molecular formula is C17H20N2S. The number of hydrogen-bond acceptors (Lipinski definition) is 3. The van der Waals surface area contributed by atoms with E-state index in [1.54, 1.807) is 0 Å². The molecule has 1 heterocycles. The summed E-state index contributed by atoms with van der Waals surface area (Å²) in [6.45, 7) is 3.16. The third-order valence-corrected chi connectivity index (χ3v) is 5.87. The summed E-state index contributed by atoms with van der Waals surface area (Å²) in [6.07, 6.45) is 5.19. The predicted molar refractivity (Wildman–Crippen MR) is 83.2 cm³/mol. The minimum atomic E-state index is 0.231. The van der Waals surface area contributed by atoms with E-state index in [4.69, 9.17) is 4.98 Å². The Morgan fingerprint density at radius 1 is 1.25 bits per heavy atom. The lowest BCUT2D eigenvalue weighted by Gasteiger charge is -2.12. The van der Waals surface area contributed by atoms with Gasteiger partial charge in [0.25, 0.3) is 0 Å². The molecule has 3 heteroatoms. The summed E-state index contributed by atoms with van der Waals surface area (Å²) in [6, 6.07) is 11.7. The molecule has 0 atom stereocenters. The topological polar surface area (TPSA) is 24.9 Å². The van der Waals surface area contributed by atoms with Crippen LogP contribution < -0.4 is 5.32 Å². The van der Waals surface area contributed by atoms with Crippen LogP contribution in [0.25, 0.3) is 0 Å². The molecule has 0 saturated heterocycles. The molecule has 2 saturated carbocycles. The lowest BCUT2D eigenvalue weighted by Crippen LogP contribution is -2.14. The Morgan fingerprint density at radius 3 is 2.65 bits per heavy atom. The first-order chi connectivity index (χ1) is 9.78. The summed E-state index contributed by atoms with van der Waals surface area (Å²) in [7, 11) is 0. The summed E-state index contributed by atoms with van der Waals surface area (Å²) in [5, 5.41) is 4.94. The van der Waals surface area contributed by atoms with Crippen LogP contribution in [0.5, 0.6) is 0 Å². The van der Waals surface area contributed by atoms with E-state index < -0.39 is 0 Å². The molecule has 2 aromatic rings. The van der Waals surface area contributed by atoms with Crippen LogP contribution in [0, 0.1) is 6.92 Å². The molecule has 0 bridgehead atoms. The van der Waals surface area contributed by atoms with Crippen molar-refractivity contribution in [2.24, 2.45) is 0 Å². The van der Waals surface area contributed by atoms with Crippen LogP contribution in [-0.4, -0.2) is 11.0 Å². The van der Waals surface area contributed by atoms with E-state index in [0.29, 0.717) is 0 Å². The Balaban J connectivity index is 1.60. The van der Waals surface area contributed by atoms with Crippen molar-refractivity contribution in [2.75, 3.05) is 0 Å². The average Bonchev–Trinajstić information content (AvgIpc) is 3.38. The molecule has 2 aliphatic carbocycles. The summed E-state index contributed by atoms with van der Waals surface area (Å²) < 4.78 is 0. The zero-order valence-corrected chi connectivity index (χ0v) is 12.7. The van der Waals surface area contributed by atoms with Crippen LogP contribution in [0.2, 0.25) is 0 Å². The Labute approximate surface area is 124 Å². The van der Waals surface area contributed by atoms with Crippen molar-refractivity contribution in [1.82, 2.24) is 10.3 Å². The smallest absolute Gasteiger partial charge is 0.104 e. The molecule has 2 fully saturated rings. The minimum Gasteiger partial charge on any atom is -0.309 e. The molecule has 20 heavy (non-hydrogen) atoms. The molecule has 2 nitrogen and oxygen atoms in total. The first-order valence-corrected chi connectivity index (χ1v) is 8.35. The van der Waals surface area contributed by atoms with E-state index >= 15 is 0 Å². The molecule has 1 aromatic heterocycles. The lowest BCUT2D eigenvalue weighted by atomic mass is 9.97. The molecule has 4 rings (SSSR count). The second kappa shape index (κ2) is 4.68. The van der Waals surface area contributed by atoms with E-state index in [9.17, 15) is 0 Å². The first-order valence-electron chi connectivity index (χ1n) is 7.54. The van der Waals surface area contributed by atoms with Crippen LogP contribution in [0.15, 0.2) is 30.3 Å². The van der Waals surface area contributed by atoms with Crippen LogP contribution >= 0.6 is 11.3 Å². The number of benzene rings is 1. The standard InChI is InChI=1S/C17H20N2S/c1-12-15(11-18-14-7-8-14)20-16(19-12)17(9-10-17)13-5-3-2-4-6-13/h2-6,14,18H,7-11H2,1H3. The van der Waals surface area contributed by atoms with Crippen molar-refractivity contribution >= 4 is 11.3 Å². The van der Waals surface area contributed by atoms with Crippen molar-refractivity contribution in [3.05, 3.63) is 51.5 Å². The van der Waals surface area contributed by atoms with Crippen LogP contribution in [-0.2, 0) is 12.0 Å². The maximum atomic E-state index is 4.90. The molecular weight excluding hydrogens is 264 g/mol. The number of aryl methyl sites for hydroxylation is 1.